The average molecular weight is 205 g/mol. The number of aliphatic hydroxyl groups is 1. The molecule has 3 heteroatoms. The van der Waals surface area contributed by atoms with Gasteiger partial charge in [-0.05, 0) is 18.4 Å². The van der Waals surface area contributed by atoms with Gasteiger partial charge in [0, 0.05) is 6.54 Å². The predicted octanol–water partition coefficient (Wildman–Crippen LogP) is 0.827. The molecule has 1 amide bonds. The molecule has 15 heavy (non-hydrogen) atoms. The van der Waals surface area contributed by atoms with Gasteiger partial charge < -0.3 is 10.4 Å². The Morgan fingerprint density at radius 2 is 2.07 bits per heavy atom. The summed E-state index contributed by atoms with van der Waals surface area (Å²) < 4.78 is 0. The Bertz CT molecular complexity index is 350. The monoisotopic (exact) mass is 205 g/mol. The summed E-state index contributed by atoms with van der Waals surface area (Å²) in [7, 11) is 0. The van der Waals surface area contributed by atoms with E-state index < -0.39 is 5.41 Å². The minimum Gasteiger partial charge on any atom is -0.395 e. The number of nitrogens with one attached hydrogen (secondary N) is 1. The van der Waals surface area contributed by atoms with E-state index in [1.54, 1.807) is 0 Å². The lowest BCUT2D eigenvalue weighted by Crippen LogP contribution is -2.51. The Morgan fingerprint density at radius 1 is 1.33 bits per heavy atom. The highest BCUT2D eigenvalue weighted by molar-refractivity contribution is 5.89. The van der Waals surface area contributed by atoms with Crippen LogP contribution in [0.15, 0.2) is 30.3 Å². The quantitative estimate of drug-likeness (QED) is 0.751. The third kappa shape index (κ3) is 1.63. The number of benzene rings is 1. The number of amides is 1. The normalized spacial score (nSPS) is 26.1. The molecule has 1 fully saturated rings. The van der Waals surface area contributed by atoms with Gasteiger partial charge in [-0.25, -0.2) is 0 Å². The maximum Gasteiger partial charge on any atom is 0.233 e. The fourth-order valence-corrected chi connectivity index (χ4v) is 2.15. The first kappa shape index (κ1) is 10.2. The Labute approximate surface area is 89.1 Å². The van der Waals surface area contributed by atoms with Gasteiger partial charge in [0.25, 0.3) is 0 Å². The summed E-state index contributed by atoms with van der Waals surface area (Å²) in [5.74, 6) is -0.0533. The SMILES string of the molecule is O=C1NCCCC1(CO)c1ccccc1. The van der Waals surface area contributed by atoms with Crippen molar-refractivity contribution in [2.75, 3.05) is 13.2 Å². The second-order valence-electron chi connectivity index (χ2n) is 3.97. The molecule has 1 atom stereocenters. The Hall–Kier alpha value is -1.35. The molecule has 0 spiro atoms. The molecule has 0 aliphatic carbocycles. The molecule has 1 aliphatic rings. The molecule has 2 rings (SSSR count). The summed E-state index contributed by atoms with van der Waals surface area (Å²) in [6.45, 7) is 0.594. The van der Waals surface area contributed by atoms with Crippen molar-refractivity contribution in [3.05, 3.63) is 35.9 Å². The van der Waals surface area contributed by atoms with Crippen molar-refractivity contribution in [3.8, 4) is 0 Å². The maximum atomic E-state index is 11.9. The molecule has 80 valence electrons. The first-order valence-corrected chi connectivity index (χ1v) is 5.24. The van der Waals surface area contributed by atoms with Crippen LogP contribution in [0.2, 0.25) is 0 Å². The molecular weight excluding hydrogens is 190 g/mol. The van der Waals surface area contributed by atoms with Crippen LogP contribution >= 0.6 is 0 Å². The van der Waals surface area contributed by atoms with Gasteiger partial charge in [0.1, 0.15) is 0 Å². The zero-order valence-electron chi connectivity index (χ0n) is 8.57. The van der Waals surface area contributed by atoms with Crippen LogP contribution in [0.5, 0.6) is 0 Å². The van der Waals surface area contributed by atoms with Crippen molar-refractivity contribution in [2.45, 2.75) is 18.3 Å². The summed E-state index contributed by atoms with van der Waals surface area (Å²) in [5, 5.41) is 12.3. The smallest absolute Gasteiger partial charge is 0.233 e. The second-order valence-corrected chi connectivity index (χ2v) is 3.97. The van der Waals surface area contributed by atoms with E-state index >= 15 is 0 Å². The molecule has 1 unspecified atom stereocenters. The first-order chi connectivity index (χ1) is 7.29. The standard InChI is InChI=1S/C12H15NO2/c14-9-12(7-4-8-13-11(12)15)10-5-2-1-3-6-10/h1-3,5-6,14H,4,7-9H2,(H,13,15). The molecule has 1 aromatic rings. The second kappa shape index (κ2) is 4.03. The van der Waals surface area contributed by atoms with Crippen molar-refractivity contribution < 1.29 is 9.90 Å². The molecule has 0 saturated carbocycles. The molecule has 1 saturated heterocycles. The van der Waals surface area contributed by atoms with E-state index in [1.807, 2.05) is 30.3 Å². The van der Waals surface area contributed by atoms with Crippen LogP contribution in [0.25, 0.3) is 0 Å². The fraction of sp³-hybridized carbons (Fsp3) is 0.417. The number of aliphatic hydroxyl groups excluding tert-OH is 1. The molecule has 0 aromatic heterocycles. The third-order valence-corrected chi connectivity index (χ3v) is 3.10. The first-order valence-electron chi connectivity index (χ1n) is 5.24. The van der Waals surface area contributed by atoms with Crippen LogP contribution in [-0.2, 0) is 10.2 Å². The Balaban J connectivity index is 2.40. The van der Waals surface area contributed by atoms with Crippen molar-refractivity contribution in [1.29, 1.82) is 0 Å². The molecule has 0 radical (unpaired) electrons. The number of hydrogen-bond acceptors (Lipinski definition) is 2. The van der Waals surface area contributed by atoms with Crippen LogP contribution in [-0.4, -0.2) is 24.2 Å². The Morgan fingerprint density at radius 3 is 2.67 bits per heavy atom. The summed E-state index contributed by atoms with van der Waals surface area (Å²) in [4.78, 5) is 11.9. The molecule has 1 aromatic carbocycles. The van der Waals surface area contributed by atoms with Gasteiger partial charge >= 0.3 is 0 Å². The van der Waals surface area contributed by atoms with Gasteiger partial charge in [-0.15, -0.1) is 0 Å². The minimum atomic E-state index is -0.723. The molecule has 2 N–H and O–H groups in total. The molecule has 1 aliphatic heterocycles. The van der Waals surface area contributed by atoms with Crippen LogP contribution in [0, 0.1) is 0 Å². The number of piperidine rings is 1. The van der Waals surface area contributed by atoms with E-state index in [0.29, 0.717) is 6.54 Å². The molecule has 1 heterocycles. The van der Waals surface area contributed by atoms with Gasteiger partial charge in [0.2, 0.25) is 5.91 Å². The van der Waals surface area contributed by atoms with Gasteiger partial charge in [-0.3, -0.25) is 4.79 Å². The highest BCUT2D eigenvalue weighted by Crippen LogP contribution is 2.31. The van der Waals surface area contributed by atoms with Crippen LogP contribution in [0.3, 0.4) is 0 Å². The summed E-state index contributed by atoms with van der Waals surface area (Å²) in [6.07, 6.45) is 1.64. The number of rotatable bonds is 2. The summed E-state index contributed by atoms with van der Waals surface area (Å²) >= 11 is 0. The van der Waals surface area contributed by atoms with Crippen molar-refractivity contribution in [2.24, 2.45) is 0 Å². The van der Waals surface area contributed by atoms with Gasteiger partial charge in [0.05, 0.1) is 12.0 Å². The van der Waals surface area contributed by atoms with Gasteiger partial charge in [-0.1, -0.05) is 30.3 Å². The van der Waals surface area contributed by atoms with Crippen molar-refractivity contribution >= 4 is 5.91 Å². The lowest BCUT2D eigenvalue weighted by atomic mass is 9.75. The van der Waals surface area contributed by atoms with Crippen LogP contribution < -0.4 is 5.32 Å². The van der Waals surface area contributed by atoms with Crippen molar-refractivity contribution in [1.82, 2.24) is 5.32 Å². The minimum absolute atomic E-state index is 0.0533. The highest BCUT2D eigenvalue weighted by atomic mass is 16.3. The highest BCUT2D eigenvalue weighted by Gasteiger charge is 2.41. The number of carbonyl (C=O) groups is 1. The summed E-state index contributed by atoms with van der Waals surface area (Å²) in [5.41, 5.74) is 0.184. The zero-order valence-corrected chi connectivity index (χ0v) is 8.57. The van der Waals surface area contributed by atoms with E-state index in [1.165, 1.54) is 0 Å². The van der Waals surface area contributed by atoms with E-state index in [-0.39, 0.29) is 12.5 Å². The average Bonchev–Trinajstić information content (AvgIpc) is 2.31. The molecule has 3 nitrogen and oxygen atoms in total. The fourth-order valence-electron chi connectivity index (χ4n) is 2.15. The molecular formula is C12H15NO2. The van der Waals surface area contributed by atoms with Gasteiger partial charge in [-0.2, -0.15) is 0 Å². The largest absolute Gasteiger partial charge is 0.395 e. The summed E-state index contributed by atoms with van der Waals surface area (Å²) in [6, 6.07) is 9.51. The Kier molecular flexibility index (Phi) is 2.73. The van der Waals surface area contributed by atoms with E-state index in [2.05, 4.69) is 5.32 Å². The lowest BCUT2D eigenvalue weighted by Gasteiger charge is -2.34. The van der Waals surface area contributed by atoms with E-state index in [4.69, 9.17) is 0 Å². The number of carbonyl (C=O) groups excluding carboxylic acids is 1. The lowest BCUT2D eigenvalue weighted by molar-refractivity contribution is -0.130. The van der Waals surface area contributed by atoms with Crippen LogP contribution in [0.1, 0.15) is 18.4 Å². The van der Waals surface area contributed by atoms with E-state index in [0.717, 1.165) is 18.4 Å². The topological polar surface area (TPSA) is 49.3 Å². The predicted molar refractivity (Wildman–Crippen MR) is 57.4 cm³/mol. The van der Waals surface area contributed by atoms with E-state index in [9.17, 15) is 9.90 Å². The zero-order chi connectivity index (χ0) is 10.7. The van der Waals surface area contributed by atoms with Gasteiger partial charge in [0.15, 0.2) is 0 Å². The number of hydrogen-bond donors (Lipinski definition) is 2. The maximum absolute atomic E-state index is 11.9. The molecule has 0 bridgehead atoms. The van der Waals surface area contributed by atoms with Crippen LogP contribution in [0.4, 0.5) is 0 Å². The van der Waals surface area contributed by atoms with Crippen molar-refractivity contribution in [3.63, 3.8) is 0 Å². The third-order valence-electron chi connectivity index (χ3n) is 3.10.